The van der Waals surface area contributed by atoms with Crippen molar-refractivity contribution < 1.29 is 4.79 Å². The van der Waals surface area contributed by atoms with Gasteiger partial charge in [0.05, 0.1) is 5.25 Å². The molecule has 3 nitrogen and oxygen atoms in total. The summed E-state index contributed by atoms with van der Waals surface area (Å²) < 4.78 is 0. The predicted molar refractivity (Wildman–Crippen MR) is 87.5 cm³/mol. The van der Waals surface area contributed by atoms with Crippen LogP contribution in [0.5, 0.6) is 0 Å². The summed E-state index contributed by atoms with van der Waals surface area (Å²) in [7, 11) is 0. The summed E-state index contributed by atoms with van der Waals surface area (Å²) in [6.45, 7) is 6.78. The average Bonchev–Trinajstić information content (AvgIpc) is 2.90. The van der Waals surface area contributed by atoms with Crippen LogP contribution in [0, 0.1) is 12.3 Å². The van der Waals surface area contributed by atoms with Gasteiger partial charge in [-0.05, 0) is 49.8 Å². The van der Waals surface area contributed by atoms with Crippen molar-refractivity contribution in [1.29, 1.82) is 0 Å². The molecule has 1 aromatic rings. The van der Waals surface area contributed by atoms with Gasteiger partial charge in [0.15, 0.2) is 0 Å². The number of thioether (sulfide) groups is 1. The van der Waals surface area contributed by atoms with Crippen molar-refractivity contribution in [3.05, 3.63) is 29.3 Å². The number of aryl methyl sites for hydroxylation is 1. The molecular formula is C17H24N2OS. The molecule has 0 saturated carbocycles. The van der Waals surface area contributed by atoms with Crippen LogP contribution in [0.3, 0.4) is 0 Å². The zero-order valence-electron chi connectivity index (χ0n) is 12.9. The molecular weight excluding hydrogens is 280 g/mol. The van der Waals surface area contributed by atoms with E-state index in [-0.39, 0.29) is 10.7 Å². The lowest BCUT2D eigenvalue weighted by molar-refractivity contribution is -0.132. The van der Waals surface area contributed by atoms with Crippen LogP contribution in [0.1, 0.15) is 30.9 Å². The summed E-state index contributed by atoms with van der Waals surface area (Å²) in [6.07, 6.45) is 2.93. The fraction of sp³-hybridized carbons (Fsp3) is 0.588. The molecule has 2 aliphatic rings. The summed E-state index contributed by atoms with van der Waals surface area (Å²) in [6, 6.07) is 6.52. The molecule has 2 N–H and O–H groups in total. The van der Waals surface area contributed by atoms with Crippen molar-refractivity contribution in [2.75, 3.05) is 19.6 Å². The van der Waals surface area contributed by atoms with E-state index in [1.165, 1.54) is 16.0 Å². The first-order valence-electron chi connectivity index (χ1n) is 7.76. The Balaban J connectivity index is 1.63. The fourth-order valence-corrected chi connectivity index (χ4v) is 4.52. The Labute approximate surface area is 131 Å². The molecule has 0 aromatic heterocycles. The standard InChI is InChI=1S/C17H24N2OS/c1-12-3-4-13-10-15(21-14(13)9-12)16(20)19-7-5-17(2,11-18)6-8-19/h3-4,9,15H,5-8,10-11,18H2,1-2H3/t15-/m0/s1. The van der Waals surface area contributed by atoms with Crippen LogP contribution in [0.2, 0.25) is 0 Å². The summed E-state index contributed by atoms with van der Waals surface area (Å²) >= 11 is 1.74. The average molecular weight is 304 g/mol. The highest BCUT2D eigenvalue weighted by Gasteiger charge is 2.35. The molecule has 1 amide bonds. The molecule has 0 aliphatic carbocycles. The zero-order chi connectivity index (χ0) is 15.0. The largest absolute Gasteiger partial charge is 0.342 e. The van der Waals surface area contributed by atoms with Crippen molar-refractivity contribution in [2.45, 2.75) is 43.3 Å². The Morgan fingerprint density at radius 3 is 2.81 bits per heavy atom. The molecule has 114 valence electrons. The highest BCUT2D eigenvalue weighted by Crippen LogP contribution is 2.39. The summed E-state index contributed by atoms with van der Waals surface area (Å²) in [5, 5.41) is 0.0732. The minimum atomic E-state index is 0.0732. The van der Waals surface area contributed by atoms with E-state index in [0.717, 1.165) is 38.9 Å². The molecule has 2 aliphatic heterocycles. The minimum absolute atomic E-state index is 0.0732. The quantitative estimate of drug-likeness (QED) is 0.913. The lowest BCUT2D eigenvalue weighted by Gasteiger charge is -2.39. The van der Waals surface area contributed by atoms with Gasteiger partial charge < -0.3 is 10.6 Å². The molecule has 0 radical (unpaired) electrons. The van der Waals surface area contributed by atoms with Crippen molar-refractivity contribution >= 4 is 17.7 Å². The van der Waals surface area contributed by atoms with Gasteiger partial charge >= 0.3 is 0 Å². The lowest BCUT2D eigenvalue weighted by atomic mass is 9.80. The third-order valence-electron chi connectivity index (χ3n) is 4.95. The number of carbonyl (C=O) groups is 1. The molecule has 0 unspecified atom stereocenters. The van der Waals surface area contributed by atoms with E-state index in [4.69, 9.17) is 5.73 Å². The highest BCUT2D eigenvalue weighted by molar-refractivity contribution is 8.01. The number of hydrogen-bond acceptors (Lipinski definition) is 3. The van der Waals surface area contributed by atoms with Crippen molar-refractivity contribution in [3.63, 3.8) is 0 Å². The van der Waals surface area contributed by atoms with Crippen LogP contribution in [0.4, 0.5) is 0 Å². The van der Waals surface area contributed by atoms with Gasteiger partial charge in [-0.15, -0.1) is 11.8 Å². The fourth-order valence-electron chi connectivity index (χ4n) is 3.15. The second kappa shape index (κ2) is 5.65. The summed E-state index contributed by atoms with van der Waals surface area (Å²) in [5.41, 5.74) is 8.66. The normalized spacial score (nSPS) is 24.0. The first kappa shape index (κ1) is 14.9. The molecule has 2 heterocycles. The van der Waals surface area contributed by atoms with Gasteiger partial charge in [0.25, 0.3) is 0 Å². The SMILES string of the molecule is Cc1ccc2c(c1)S[C@H](C(=O)N1CCC(C)(CN)CC1)C2. The molecule has 1 saturated heterocycles. The maximum absolute atomic E-state index is 12.7. The maximum Gasteiger partial charge on any atom is 0.236 e. The lowest BCUT2D eigenvalue weighted by Crippen LogP contribution is -2.47. The molecule has 1 atom stereocenters. The van der Waals surface area contributed by atoms with Gasteiger partial charge in [-0.2, -0.15) is 0 Å². The number of piperidine rings is 1. The summed E-state index contributed by atoms with van der Waals surface area (Å²) in [4.78, 5) is 16.1. The molecule has 4 heteroatoms. The summed E-state index contributed by atoms with van der Waals surface area (Å²) in [5.74, 6) is 0.313. The van der Waals surface area contributed by atoms with E-state index in [1.54, 1.807) is 11.8 Å². The van der Waals surface area contributed by atoms with Crippen LogP contribution in [-0.4, -0.2) is 35.7 Å². The van der Waals surface area contributed by atoms with E-state index in [2.05, 4.69) is 32.0 Å². The minimum Gasteiger partial charge on any atom is -0.342 e. The topological polar surface area (TPSA) is 46.3 Å². The van der Waals surface area contributed by atoms with Crippen molar-refractivity contribution in [3.8, 4) is 0 Å². The van der Waals surface area contributed by atoms with E-state index < -0.39 is 0 Å². The van der Waals surface area contributed by atoms with Gasteiger partial charge in [-0.1, -0.05) is 24.6 Å². The van der Waals surface area contributed by atoms with Gasteiger partial charge in [0.1, 0.15) is 0 Å². The van der Waals surface area contributed by atoms with Gasteiger partial charge in [0.2, 0.25) is 5.91 Å². The Morgan fingerprint density at radius 1 is 1.43 bits per heavy atom. The first-order chi connectivity index (χ1) is 10.0. The number of carbonyl (C=O) groups excluding carboxylic acids is 1. The van der Waals surface area contributed by atoms with Crippen LogP contribution >= 0.6 is 11.8 Å². The van der Waals surface area contributed by atoms with Gasteiger partial charge in [0, 0.05) is 18.0 Å². The smallest absolute Gasteiger partial charge is 0.236 e. The second-order valence-corrected chi connectivity index (χ2v) is 8.01. The highest BCUT2D eigenvalue weighted by atomic mass is 32.2. The third-order valence-corrected chi connectivity index (χ3v) is 6.23. The van der Waals surface area contributed by atoms with Crippen molar-refractivity contribution in [2.24, 2.45) is 11.1 Å². The Morgan fingerprint density at radius 2 is 2.14 bits per heavy atom. The number of hydrogen-bond donors (Lipinski definition) is 1. The number of nitrogens with two attached hydrogens (primary N) is 1. The Kier molecular flexibility index (Phi) is 4.02. The molecule has 1 aromatic carbocycles. The Hall–Kier alpha value is -1.00. The van der Waals surface area contributed by atoms with E-state index >= 15 is 0 Å². The number of fused-ring (bicyclic) bond motifs is 1. The van der Waals surface area contributed by atoms with E-state index in [1.807, 2.05) is 4.90 Å². The Bertz CT molecular complexity index is 550. The van der Waals surface area contributed by atoms with E-state index in [9.17, 15) is 4.79 Å². The van der Waals surface area contributed by atoms with Crippen LogP contribution in [-0.2, 0) is 11.2 Å². The number of nitrogens with zero attached hydrogens (tertiary/aromatic N) is 1. The third kappa shape index (κ3) is 2.97. The monoisotopic (exact) mass is 304 g/mol. The first-order valence-corrected chi connectivity index (χ1v) is 8.64. The number of rotatable bonds is 2. The van der Waals surface area contributed by atoms with E-state index in [0.29, 0.717) is 5.91 Å². The molecule has 0 spiro atoms. The van der Waals surface area contributed by atoms with Crippen LogP contribution in [0.15, 0.2) is 23.1 Å². The molecule has 0 bridgehead atoms. The van der Waals surface area contributed by atoms with Gasteiger partial charge in [-0.25, -0.2) is 0 Å². The second-order valence-electron chi connectivity index (χ2n) is 6.76. The van der Waals surface area contributed by atoms with Crippen molar-refractivity contribution in [1.82, 2.24) is 4.90 Å². The predicted octanol–water partition coefficient (Wildman–Crippen LogP) is 2.60. The molecule has 3 rings (SSSR count). The molecule has 1 fully saturated rings. The number of benzene rings is 1. The maximum atomic E-state index is 12.7. The zero-order valence-corrected chi connectivity index (χ0v) is 13.7. The number of amides is 1. The molecule has 21 heavy (non-hydrogen) atoms. The van der Waals surface area contributed by atoms with Crippen LogP contribution in [0.25, 0.3) is 0 Å². The number of likely N-dealkylation sites (tertiary alicyclic amines) is 1. The van der Waals surface area contributed by atoms with Gasteiger partial charge in [-0.3, -0.25) is 4.79 Å². The van der Waals surface area contributed by atoms with Crippen LogP contribution < -0.4 is 5.73 Å².